The Morgan fingerprint density at radius 3 is 2.62 bits per heavy atom. The van der Waals surface area contributed by atoms with Gasteiger partial charge in [0.15, 0.2) is 0 Å². The number of rotatable bonds is 2. The molecule has 3 nitrogen and oxygen atoms in total. The van der Waals surface area contributed by atoms with E-state index in [1.807, 2.05) is 0 Å². The third-order valence-electron chi connectivity index (χ3n) is 1.34. The van der Waals surface area contributed by atoms with Gasteiger partial charge in [-0.15, -0.1) is 0 Å². The first-order valence-electron chi connectivity index (χ1n) is 3.19. The van der Waals surface area contributed by atoms with Gasteiger partial charge in [-0.05, 0) is 6.07 Å². The van der Waals surface area contributed by atoms with Crippen molar-refractivity contribution in [2.75, 3.05) is 0 Å². The molecule has 0 aromatic carbocycles. The van der Waals surface area contributed by atoms with Crippen LogP contribution >= 0.6 is 11.6 Å². The number of pyridine rings is 1. The van der Waals surface area contributed by atoms with Gasteiger partial charge in [-0.2, -0.15) is 0 Å². The minimum Gasteiger partial charge on any atom is -0.477 e. The molecule has 0 fully saturated rings. The molecule has 70 valence electrons. The monoisotopic (exact) mass is 207 g/mol. The lowest BCUT2D eigenvalue weighted by atomic mass is 10.2. The number of halogens is 3. The van der Waals surface area contributed by atoms with Gasteiger partial charge in [0.1, 0.15) is 5.69 Å². The predicted molar refractivity (Wildman–Crippen MR) is 41.2 cm³/mol. The van der Waals surface area contributed by atoms with Crippen LogP contribution < -0.4 is 0 Å². The largest absolute Gasteiger partial charge is 0.477 e. The normalized spacial score (nSPS) is 10.5. The molecule has 6 heteroatoms. The average molecular weight is 208 g/mol. The average Bonchev–Trinajstić information content (AvgIpc) is 2.03. The Balaban J connectivity index is 3.13. The fourth-order valence-electron chi connectivity index (χ4n) is 0.719. The predicted octanol–water partition coefficient (Wildman–Crippen LogP) is 2.37. The maximum atomic E-state index is 12.1. The lowest BCUT2D eigenvalue weighted by molar-refractivity contribution is 0.0690. The summed E-state index contributed by atoms with van der Waals surface area (Å²) in [4.78, 5) is 13.6. The van der Waals surface area contributed by atoms with Crippen molar-refractivity contribution in [3.63, 3.8) is 0 Å². The molecular weight excluding hydrogens is 204 g/mol. The summed E-state index contributed by atoms with van der Waals surface area (Å²) < 4.78 is 24.2. The summed E-state index contributed by atoms with van der Waals surface area (Å²) in [6, 6.07) is 0.894. The lowest BCUT2D eigenvalue weighted by Gasteiger charge is -2.02. The second kappa shape index (κ2) is 3.66. The molecule has 13 heavy (non-hydrogen) atoms. The summed E-state index contributed by atoms with van der Waals surface area (Å²) in [6.45, 7) is 0. The molecule has 1 N–H and O–H groups in total. The van der Waals surface area contributed by atoms with E-state index in [-0.39, 0.29) is 10.7 Å². The van der Waals surface area contributed by atoms with Crippen molar-refractivity contribution in [3.05, 3.63) is 28.5 Å². The molecule has 0 saturated heterocycles. The minimum atomic E-state index is -2.75. The highest BCUT2D eigenvalue weighted by atomic mass is 35.5. The Morgan fingerprint density at radius 2 is 2.23 bits per heavy atom. The molecule has 0 bridgehead atoms. The van der Waals surface area contributed by atoms with Crippen molar-refractivity contribution in [2.45, 2.75) is 6.43 Å². The van der Waals surface area contributed by atoms with Gasteiger partial charge in [-0.25, -0.2) is 18.6 Å². The van der Waals surface area contributed by atoms with E-state index in [1.165, 1.54) is 0 Å². The molecule has 1 aromatic heterocycles. The molecule has 0 aliphatic carbocycles. The zero-order valence-electron chi connectivity index (χ0n) is 6.17. The van der Waals surface area contributed by atoms with Crippen LogP contribution in [0.15, 0.2) is 12.3 Å². The van der Waals surface area contributed by atoms with Crippen LogP contribution in [0.3, 0.4) is 0 Å². The number of carboxylic acids is 1. The molecule has 0 saturated carbocycles. The molecule has 0 aliphatic rings. The number of hydrogen-bond acceptors (Lipinski definition) is 2. The first-order chi connectivity index (χ1) is 6.02. The highest BCUT2D eigenvalue weighted by Crippen LogP contribution is 2.26. The van der Waals surface area contributed by atoms with Gasteiger partial charge in [-0.3, -0.25) is 0 Å². The zero-order chi connectivity index (χ0) is 10.0. The van der Waals surface area contributed by atoms with Crippen LogP contribution in [0.25, 0.3) is 0 Å². The molecule has 1 aromatic rings. The van der Waals surface area contributed by atoms with Crippen LogP contribution in [-0.2, 0) is 0 Å². The van der Waals surface area contributed by atoms with Crippen molar-refractivity contribution in [3.8, 4) is 0 Å². The van der Waals surface area contributed by atoms with Gasteiger partial charge in [0.2, 0.25) is 0 Å². The zero-order valence-corrected chi connectivity index (χ0v) is 6.92. The maximum absolute atomic E-state index is 12.1. The van der Waals surface area contributed by atoms with Gasteiger partial charge >= 0.3 is 5.97 Å². The molecule has 0 radical (unpaired) electrons. The van der Waals surface area contributed by atoms with Crippen LogP contribution in [0, 0.1) is 0 Å². The van der Waals surface area contributed by atoms with Gasteiger partial charge in [0.05, 0.1) is 10.6 Å². The fourth-order valence-corrected chi connectivity index (χ4v) is 0.954. The van der Waals surface area contributed by atoms with E-state index in [2.05, 4.69) is 4.98 Å². The number of aromatic carboxylic acids is 1. The SMILES string of the molecule is O=C(O)c1cc(Cl)c(C(F)F)cn1. The second-order valence-corrected chi connectivity index (χ2v) is 2.60. The van der Waals surface area contributed by atoms with Crippen LogP contribution in [0.5, 0.6) is 0 Å². The Hall–Kier alpha value is -1.23. The standard InChI is InChI=1S/C7H4ClF2NO2/c8-4-1-5(7(12)13)11-2-3(4)6(9)10/h1-2,6H,(H,12,13). The summed E-state index contributed by atoms with van der Waals surface area (Å²) in [5, 5.41) is 8.14. The Bertz CT molecular complexity index is 343. The highest BCUT2D eigenvalue weighted by Gasteiger charge is 2.14. The molecule has 1 rings (SSSR count). The Kier molecular flexibility index (Phi) is 2.77. The third-order valence-corrected chi connectivity index (χ3v) is 1.66. The number of alkyl halides is 2. The molecule has 0 atom stereocenters. The van der Waals surface area contributed by atoms with Crippen LogP contribution in [-0.4, -0.2) is 16.1 Å². The first-order valence-corrected chi connectivity index (χ1v) is 3.57. The Labute approximate surface area is 77.0 Å². The Morgan fingerprint density at radius 1 is 1.62 bits per heavy atom. The summed E-state index contributed by atoms with van der Waals surface area (Å²) in [6.07, 6.45) is -1.99. The van der Waals surface area contributed by atoms with E-state index in [9.17, 15) is 13.6 Å². The first kappa shape index (κ1) is 9.85. The van der Waals surface area contributed by atoms with Gasteiger partial charge in [-0.1, -0.05) is 11.6 Å². The number of carbonyl (C=O) groups is 1. The smallest absolute Gasteiger partial charge is 0.354 e. The van der Waals surface area contributed by atoms with E-state index in [1.54, 1.807) is 0 Å². The molecule has 0 unspecified atom stereocenters. The lowest BCUT2D eigenvalue weighted by Crippen LogP contribution is -2.01. The molecule has 0 aliphatic heterocycles. The van der Waals surface area contributed by atoms with E-state index >= 15 is 0 Å². The molecular formula is C7H4ClF2NO2. The summed E-state index contributed by atoms with van der Waals surface area (Å²) in [5.74, 6) is -1.30. The van der Waals surface area contributed by atoms with Gasteiger partial charge < -0.3 is 5.11 Å². The summed E-state index contributed by atoms with van der Waals surface area (Å²) in [5.41, 5.74) is -0.818. The van der Waals surface area contributed by atoms with Crippen LogP contribution in [0.2, 0.25) is 5.02 Å². The van der Waals surface area contributed by atoms with Crippen molar-refractivity contribution in [1.82, 2.24) is 4.98 Å². The quantitative estimate of drug-likeness (QED) is 0.810. The number of aromatic nitrogens is 1. The molecule has 0 amide bonds. The maximum Gasteiger partial charge on any atom is 0.354 e. The van der Waals surface area contributed by atoms with Crippen molar-refractivity contribution < 1.29 is 18.7 Å². The number of nitrogens with zero attached hydrogens (tertiary/aromatic N) is 1. The van der Waals surface area contributed by atoms with Crippen molar-refractivity contribution >= 4 is 17.6 Å². The topological polar surface area (TPSA) is 50.2 Å². The van der Waals surface area contributed by atoms with Crippen LogP contribution in [0.1, 0.15) is 22.5 Å². The van der Waals surface area contributed by atoms with E-state index in [4.69, 9.17) is 16.7 Å². The van der Waals surface area contributed by atoms with Crippen molar-refractivity contribution in [1.29, 1.82) is 0 Å². The second-order valence-electron chi connectivity index (χ2n) is 2.20. The number of hydrogen-bond donors (Lipinski definition) is 1. The summed E-state index contributed by atoms with van der Waals surface area (Å²) >= 11 is 5.39. The van der Waals surface area contributed by atoms with E-state index < -0.39 is 18.0 Å². The fraction of sp³-hybridized carbons (Fsp3) is 0.143. The molecule has 1 heterocycles. The van der Waals surface area contributed by atoms with Crippen LogP contribution in [0.4, 0.5) is 8.78 Å². The van der Waals surface area contributed by atoms with Gasteiger partial charge in [0, 0.05) is 6.20 Å². The number of carboxylic acid groups (broad SMARTS) is 1. The van der Waals surface area contributed by atoms with E-state index in [0.29, 0.717) is 0 Å². The summed E-state index contributed by atoms with van der Waals surface area (Å²) in [7, 11) is 0. The minimum absolute atomic E-state index is 0.289. The van der Waals surface area contributed by atoms with E-state index in [0.717, 1.165) is 12.3 Å². The molecule has 0 spiro atoms. The third kappa shape index (κ3) is 2.12. The van der Waals surface area contributed by atoms with Crippen molar-refractivity contribution in [2.24, 2.45) is 0 Å². The highest BCUT2D eigenvalue weighted by molar-refractivity contribution is 6.31. The van der Waals surface area contributed by atoms with Gasteiger partial charge in [0.25, 0.3) is 6.43 Å².